The number of carbonyl (C=O) groups excluding carboxylic acids is 1. The molecule has 2 N–H and O–H groups in total. The number of carbonyl (C=O) groups is 1. The molecular weight excluding hydrogens is 254 g/mol. The SMILES string of the molecule is CCC(CC)[C@@H](Oc1ccccc1)[C@H](C)OC(=O)CN. The molecule has 4 heteroatoms. The summed E-state index contributed by atoms with van der Waals surface area (Å²) in [6.07, 6.45) is 1.45. The molecule has 0 saturated carbocycles. The van der Waals surface area contributed by atoms with Crippen molar-refractivity contribution in [3.63, 3.8) is 0 Å². The summed E-state index contributed by atoms with van der Waals surface area (Å²) in [5, 5.41) is 0. The van der Waals surface area contributed by atoms with E-state index >= 15 is 0 Å². The van der Waals surface area contributed by atoms with Crippen molar-refractivity contribution < 1.29 is 14.3 Å². The Morgan fingerprint density at radius 1 is 1.20 bits per heavy atom. The highest BCUT2D eigenvalue weighted by molar-refractivity contribution is 5.71. The van der Waals surface area contributed by atoms with E-state index in [1.807, 2.05) is 37.3 Å². The molecule has 0 amide bonds. The fraction of sp³-hybridized carbons (Fsp3) is 0.562. The van der Waals surface area contributed by atoms with Gasteiger partial charge in [0.25, 0.3) is 0 Å². The minimum absolute atomic E-state index is 0.106. The van der Waals surface area contributed by atoms with Crippen LogP contribution in [0, 0.1) is 5.92 Å². The molecule has 0 unspecified atom stereocenters. The minimum Gasteiger partial charge on any atom is -0.486 e. The summed E-state index contributed by atoms with van der Waals surface area (Å²) in [4.78, 5) is 11.4. The van der Waals surface area contributed by atoms with Gasteiger partial charge >= 0.3 is 5.97 Å². The molecule has 20 heavy (non-hydrogen) atoms. The second kappa shape index (κ2) is 8.59. The Balaban J connectivity index is 2.81. The Bertz CT molecular complexity index is 390. The van der Waals surface area contributed by atoms with Crippen LogP contribution in [-0.4, -0.2) is 24.7 Å². The van der Waals surface area contributed by atoms with Gasteiger partial charge in [0.05, 0.1) is 6.54 Å². The number of benzene rings is 1. The fourth-order valence-corrected chi connectivity index (χ4v) is 2.31. The normalized spacial score (nSPS) is 13.8. The largest absolute Gasteiger partial charge is 0.486 e. The smallest absolute Gasteiger partial charge is 0.320 e. The van der Waals surface area contributed by atoms with E-state index in [-0.39, 0.29) is 18.8 Å². The van der Waals surface area contributed by atoms with Crippen molar-refractivity contribution in [2.45, 2.75) is 45.8 Å². The monoisotopic (exact) mass is 279 g/mol. The maximum atomic E-state index is 11.4. The first-order valence-corrected chi connectivity index (χ1v) is 7.23. The first kappa shape index (κ1) is 16.5. The average Bonchev–Trinajstić information content (AvgIpc) is 2.48. The third-order valence-electron chi connectivity index (χ3n) is 3.48. The highest BCUT2D eigenvalue weighted by Crippen LogP contribution is 2.24. The fourth-order valence-electron chi connectivity index (χ4n) is 2.31. The van der Waals surface area contributed by atoms with Gasteiger partial charge in [0, 0.05) is 0 Å². The lowest BCUT2D eigenvalue weighted by Gasteiger charge is -2.31. The van der Waals surface area contributed by atoms with Crippen LogP contribution in [0.2, 0.25) is 0 Å². The summed E-state index contributed by atoms with van der Waals surface area (Å²) in [5.41, 5.74) is 5.30. The van der Waals surface area contributed by atoms with E-state index in [4.69, 9.17) is 15.2 Å². The summed E-state index contributed by atoms with van der Waals surface area (Å²) in [5.74, 6) is 0.723. The highest BCUT2D eigenvalue weighted by Gasteiger charge is 2.29. The van der Waals surface area contributed by atoms with Crippen molar-refractivity contribution in [3.05, 3.63) is 30.3 Å². The van der Waals surface area contributed by atoms with Crippen molar-refractivity contribution in [3.8, 4) is 5.75 Å². The lowest BCUT2D eigenvalue weighted by atomic mass is 9.93. The van der Waals surface area contributed by atoms with Gasteiger partial charge in [0.15, 0.2) is 0 Å². The summed E-state index contributed by atoms with van der Waals surface area (Å²) in [7, 11) is 0. The topological polar surface area (TPSA) is 61.5 Å². The maximum absolute atomic E-state index is 11.4. The van der Waals surface area contributed by atoms with E-state index in [1.165, 1.54) is 0 Å². The van der Waals surface area contributed by atoms with Gasteiger partial charge in [-0.05, 0) is 37.8 Å². The molecule has 0 aromatic heterocycles. The van der Waals surface area contributed by atoms with Crippen LogP contribution < -0.4 is 10.5 Å². The molecule has 0 spiro atoms. The predicted octanol–water partition coefficient (Wildman–Crippen LogP) is 2.76. The van der Waals surface area contributed by atoms with Crippen LogP contribution in [0.25, 0.3) is 0 Å². The molecule has 0 aliphatic heterocycles. The third kappa shape index (κ3) is 4.85. The first-order chi connectivity index (χ1) is 9.62. The molecule has 0 radical (unpaired) electrons. The Kier molecular flexibility index (Phi) is 7.09. The van der Waals surface area contributed by atoms with Crippen molar-refractivity contribution in [1.29, 1.82) is 0 Å². The van der Waals surface area contributed by atoms with E-state index in [9.17, 15) is 4.79 Å². The average molecular weight is 279 g/mol. The van der Waals surface area contributed by atoms with Crippen LogP contribution in [0.4, 0.5) is 0 Å². The van der Waals surface area contributed by atoms with Gasteiger partial charge in [-0.25, -0.2) is 0 Å². The molecule has 2 atom stereocenters. The molecule has 0 heterocycles. The molecule has 0 saturated heterocycles. The van der Waals surface area contributed by atoms with E-state index < -0.39 is 5.97 Å². The molecule has 0 fully saturated rings. The standard InChI is InChI=1S/C16H25NO3/c1-4-13(5-2)16(12(3)19-15(18)11-17)20-14-9-7-6-8-10-14/h6-10,12-13,16H,4-5,11,17H2,1-3H3/t12-,16-/m0/s1. The molecule has 112 valence electrons. The Hall–Kier alpha value is -1.55. The molecule has 0 aliphatic rings. The summed E-state index contributed by atoms with van der Waals surface area (Å²) in [6.45, 7) is 5.99. The Morgan fingerprint density at radius 2 is 1.80 bits per heavy atom. The van der Waals surface area contributed by atoms with E-state index in [0.29, 0.717) is 5.92 Å². The van der Waals surface area contributed by atoms with Crippen LogP contribution >= 0.6 is 0 Å². The molecule has 1 rings (SSSR count). The lowest BCUT2D eigenvalue weighted by molar-refractivity contribution is -0.152. The van der Waals surface area contributed by atoms with Gasteiger partial charge in [0.1, 0.15) is 18.0 Å². The molecular formula is C16H25NO3. The van der Waals surface area contributed by atoms with Crippen LogP contribution in [0.5, 0.6) is 5.75 Å². The van der Waals surface area contributed by atoms with Gasteiger partial charge in [-0.1, -0.05) is 32.0 Å². The first-order valence-electron chi connectivity index (χ1n) is 7.23. The van der Waals surface area contributed by atoms with Crippen LogP contribution in [-0.2, 0) is 9.53 Å². The van der Waals surface area contributed by atoms with E-state index in [0.717, 1.165) is 18.6 Å². The number of rotatable bonds is 8. The number of ether oxygens (including phenoxy) is 2. The van der Waals surface area contributed by atoms with E-state index in [2.05, 4.69) is 13.8 Å². The molecule has 4 nitrogen and oxygen atoms in total. The van der Waals surface area contributed by atoms with Gasteiger partial charge in [-0.15, -0.1) is 0 Å². The number of hydrogen-bond acceptors (Lipinski definition) is 4. The Morgan fingerprint density at radius 3 is 2.30 bits per heavy atom. The van der Waals surface area contributed by atoms with Crippen LogP contribution in [0.1, 0.15) is 33.6 Å². The molecule has 0 aliphatic carbocycles. The second-order valence-electron chi connectivity index (χ2n) is 4.87. The Labute approximate surface area is 121 Å². The molecule has 1 aromatic rings. The minimum atomic E-state index is -0.398. The molecule has 1 aromatic carbocycles. The number of nitrogens with two attached hydrogens (primary N) is 1. The third-order valence-corrected chi connectivity index (χ3v) is 3.48. The zero-order chi connectivity index (χ0) is 15.0. The molecule has 0 bridgehead atoms. The van der Waals surface area contributed by atoms with Gasteiger partial charge in [-0.2, -0.15) is 0 Å². The van der Waals surface area contributed by atoms with Crippen molar-refractivity contribution in [1.82, 2.24) is 0 Å². The second-order valence-corrected chi connectivity index (χ2v) is 4.87. The van der Waals surface area contributed by atoms with Crippen molar-refractivity contribution >= 4 is 5.97 Å². The van der Waals surface area contributed by atoms with Crippen LogP contribution in [0.3, 0.4) is 0 Å². The highest BCUT2D eigenvalue weighted by atomic mass is 16.6. The lowest BCUT2D eigenvalue weighted by Crippen LogP contribution is -2.40. The van der Waals surface area contributed by atoms with Gasteiger partial charge in [-0.3, -0.25) is 4.79 Å². The number of hydrogen-bond donors (Lipinski definition) is 1. The number of para-hydroxylation sites is 1. The summed E-state index contributed by atoms with van der Waals surface area (Å²) < 4.78 is 11.4. The quantitative estimate of drug-likeness (QED) is 0.743. The maximum Gasteiger partial charge on any atom is 0.320 e. The van der Waals surface area contributed by atoms with Crippen molar-refractivity contribution in [2.24, 2.45) is 11.7 Å². The van der Waals surface area contributed by atoms with Gasteiger partial charge in [0.2, 0.25) is 0 Å². The number of esters is 1. The van der Waals surface area contributed by atoms with Crippen LogP contribution in [0.15, 0.2) is 30.3 Å². The summed E-state index contributed by atoms with van der Waals surface area (Å²) >= 11 is 0. The van der Waals surface area contributed by atoms with Crippen molar-refractivity contribution in [2.75, 3.05) is 6.54 Å². The van der Waals surface area contributed by atoms with Gasteiger partial charge < -0.3 is 15.2 Å². The predicted molar refractivity (Wildman–Crippen MR) is 79.5 cm³/mol. The summed E-state index contributed by atoms with van der Waals surface area (Å²) in [6, 6.07) is 9.61. The zero-order valence-corrected chi connectivity index (χ0v) is 12.5. The van der Waals surface area contributed by atoms with E-state index in [1.54, 1.807) is 0 Å². The zero-order valence-electron chi connectivity index (χ0n) is 12.5.